The summed E-state index contributed by atoms with van der Waals surface area (Å²) in [6, 6.07) is 1.31. The molecular weight excluding hydrogens is 180 g/mol. The molecule has 0 radical (unpaired) electrons. The molecule has 0 saturated heterocycles. The Bertz CT molecular complexity index is 308. The second-order valence-corrected chi connectivity index (χ2v) is 3.32. The monoisotopic (exact) mass is 196 g/mol. The Hall–Kier alpha value is -1.36. The highest BCUT2D eigenvalue weighted by atomic mass is 16.2. The van der Waals surface area contributed by atoms with Gasteiger partial charge in [0.2, 0.25) is 5.91 Å². The topological polar surface area (TPSA) is 83.8 Å². The molecule has 1 atom stereocenters. The van der Waals surface area contributed by atoms with E-state index in [1.54, 1.807) is 6.07 Å². The lowest BCUT2D eigenvalue weighted by Gasteiger charge is -2.08. The SMILES string of the molecule is CCC[C@H](N)C(=O)Nc1cc(C)[nH]n1. The van der Waals surface area contributed by atoms with E-state index < -0.39 is 6.04 Å². The first kappa shape index (κ1) is 10.7. The number of anilines is 1. The first-order valence-corrected chi connectivity index (χ1v) is 4.72. The summed E-state index contributed by atoms with van der Waals surface area (Å²) in [5.74, 6) is 0.345. The number of carbonyl (C=O) groups is 1. The summed E-state index contributed by atoms with van der Waals surface area (Å²) in [5, 5.41) is 9.27. The van der Waals surface area contributed by atoms with Gasteiger partial charge in [0.05, 0.1) is 6.04 Å². The van der Waals surface area contributed by atoms with Gasteiger partial charge in [0.1, 0.15) is 0 Å². The van der Waals surface area contributed by atoms with Crippen LogP contribution in [0.4, 0.5) is 5.82 Å². The number of hydrogen-bond donors (Lipinski definition) is 3. The number of nitrogens with two attached hydrogens (primary N) is 1. The molecule has 1 aromatic heterocycles. The van der Waals surface area contributed by atoms with Crippen molar-refractivity contribution in [3.05, 3.63) is 11.8 Å². The maximum Gasteiger partial charge on any atom is 0.242 e. The molecule has 1 heterocycles. The summed E-state index contributed by atoms with van der Waals surface area (Å²) in [4.78, 5) is 11.4. The molecule has 0 aliphatic rings. The Kier molecular flexibility index (Phi) is 3.64. The minimum atomic E-state index is -0.447. The van der Waals surface area contributed by atoms with Gasteiger partial charge >= 0.3 is 0 Å². The van der Waals surface area contributed by atoms with E-state index in [1.807, 2.05) is 13.8 Å². The zero-order valence-corrected chi connectivity index (χ0v) is 8.50. The largest absolute Gasteiger partial charge is 0.320 e. The number of carbonyl (C=O) groups excluding carboxylic acids is 1. The standard InChI is InChI=1S/C9H16N4O/c1-3-4-7(10)9(14)11-8-5-6(2)12-13-8/h5,7H,3-4,10H2,1-2H3,(H2,11,12,13,14)/t7-/m0/s1. The van der Waals surface area contributed by atoms with Crippen molar-refractivity contribution in [2.24, 2.45) is 5.73 Å². The van der Waals surface area contributed by atoms with Crippen molar-refractivity contribution in [3.63, 3.8) is 0 Å². The Morgan fingerprint density at radius 3 is 3.00 bits per heavy atom. The van der Waals surface area contributed by atoms with Crippen molar-refractivity contribution >= 4 is 11.7 Å². The minimum Gasteiger partial charge on any atom is -0.320 e. The van der Waals surface area contributed by atoms with Crippen LogP contribution in [0.15, 0.2) is 6.07 Å². The molecule has 1 rings (SSSR count). The number of aromatic nitrogens is 2. The van der Waals surface area contributed by atoms with Crippen LogP contribution in [-0.4, -0.2) is 22.1 Å². The van der Waals surface area contributed by atoms with Gasteiger partial charge < -0.3 is 11.1 Å². The average Bonchev–Trinajstić information content (AvgIpc) is 2.51. The third-order valence-corrected chi connectivity index (χ3v) is 1.89. The van der Waals surface area contributed by atoms with Crippen LogP contribution in [0.3, 0.4) is 0 Å². The molecule has 0 spiro atoms. The fourth-order valence-corrected chi connectivity index (χ4v) is 1.14. The van der Waals surface area contributed by atoms with E-state index in [2.05, 4.69) is 15.5 Å². The smallest absolute Gasteiger partial charge is 0.242 e. The van der Waals surface area contributed by atoms with Crippen LogP contribution in [0.2, 0.25) is 0 Å². The summed E-state index contributed by atoms with van der Waals surface area (Å²) in [5.41, 5.74) is 6.54. The summed E-state index contributed by atoms with van der Waals surface area (Å²) in [6.45, 7) is 3.86. The van der Waals surface area contributed by atoms with Crippen molar-refractivity contribution < 1.29 is 4.79 Å². The van der Waals surface area contributed by atoms with Crippen molar-refractivity contribution in [1.82, 2.24) is 10.2 Å². The normalized spacial score (nSPS) is 12.5. The van der Waals surface area contributed by atoms with E-state index in [1.165, 1.54) is 0 Å². The van der Waals surface area contributed by atoms with Crippen LogP contribution in [0.5, 0.6) is 0 Å². The Balaban J connectivity index is 2.48. The van der Waals surface area contributed by atoms with Crippen LogP contribution >= 0.6 is 0 Å². The van der Waals surface area contributed by atoms with Gasteiger partial charge in [-0.1, -0.05) is 13.3 Å². The van der Waals surface area contributed by atoms with Gasteiger partial charge in [-0.25, -0.2) is 0 Å². The van der Waals surface area contributed by atoms with Gasteiger partial charge in [-0.2, -0.15) is 5.10 Å². The molecule has 0 unspecified atom stereocenters. The Morgan fingerprint density at radius 2 is 2.50 bits per heavy atom. The minimum absolute atomic E-state index is 0.182. The first-order chi connectivity index (χ1) is 6.63. The Labute approximate surface area is 83.1 Å². The van der Waals surface area contributed by atoms with E-state index >= 15 is 0 Å². The Morgan fingerprint density at radius 1 is 1.79 bits per heavy atom. The molecule has 0 bridgehead atoms. The maximum atomic E-state index is 11.4. The number of rotatable bonds is 4. The van der Waals surface area contributed by atoms with Crippen molar-refractivity contribution in [2.75, 3.05) is 5.32 Å². The zero-order valence-electron chi connectivity index (χ0n) is 8.50. The van der Waals surface area contributed by atoms with Crippen molar-refractivity contribution in [2.45, 2.75) is 32.7 Å². The first-order valence-electron chi connectivity index (χ1n) is 4.72. The third kappa shape index (κ3) is 2.85. The molecule has 5 heteroatoms. The van der Waals surface area contributed by atoms with Crippen molar-refractivity contribution in [1.29, 1.82) is 0 Å². The second kappa shape index (κ2) is 4.76. The summed E-state index contributed by atoms with van der Waals surface area (Å²) < 4.78 is 0. The number of nitrogens with zero attached hydrogens (tertiary/aromatic N) is 1. The fraction of sp³-hybridized carbons (Fsp3) is 0.556. The number of H-pyrrole nitrogens is 1. The number of amides is 1. The molecule has 4 N–H and O–H groups in total. The predicted octanol–water partition coefficient (Wildman–Crippen LogP) is 0.784. The molecule has 0 aliphatic heterocycles. The average molecular weight is 196 g/mol. The van der Waals surface area contributed by atoms with Crippen LogP contribution in [-0.2, 0) is 4.79 Å². The van der Waals surface area contributed by atoms with E-state index in [0.29, 0.717) is 12.2 Å². The van der Waals surface area contributed by atoms with Gasteiger partial charge in [0.25, 0.3) is 0 Å². The van der Waals surface area contributed by atoms with E-state index in [9.17, 15) is 4.79 Å². The molecule has 0 aromatic carbocycles. The van der Waals surface area contributed by atoms with Crippen LogP contribution in [0.1, 0.15) is 25.5 Å². The lowest BCUT2D eigenvalue weighted by atomic mass is 10.2. The molecule has 1 aromatic rings. The quantitative estimate of drug-likeness (QED) is 0.665. The molecule has 5 nitrogen and oxygen atoms in total. The predicted molar refractivity (Wildman–Crippen MR) is 54.8 cm³/mol. The van der Waals surface area contributed by atoms with E-state index in [4.69, 9.17) is 5.73 Å². The van der Waals surface area contributed by atoms with Crippen LogP contribution in [0, 0.1) is 6.92 Å². The fourth-order valence-electron chi connectivity index (χ4n) is 1.14. The maximum absolute atomic E-state index is 11.4. The van der Waals surface area contributed by atoms with E-state index in [0.717, 1.165) is 12.1 Å². The van der Waals surface area contributed by atoms with Gasteiger partial charge in [0, 0.05) is 11.8 Å². The molecular formula is C9H16N4O. The number of aromatic amines is 1. The highest BCUT2D eigenvalue weighted by molar-refractivity contribution is 5.93. The molecule has 1 amide bonds. The highest BCUT2D eigenvalue weighted by Gasteiger charge is 2.12. The van der Waals surface area contributed by atoms with Crippen LogP contribution in [0.25, 0.3) is 0 Å². The molecule has 14 heavy (non-hydrogen) atoms. The second-order valence-electron chi connectivity index (χ2n) is 3.32. The number of nitrogens with one attached hydrogen (secondary N) is 2. The van der Waals surface area contributed by atoms with E-state index in [-0.39, 0.29) is 5.91 Å². The third-order valence-electron chi connectivity index (χ3n) is 1.89. The summed E-state index contributed by atoms with van der Waals surface area (Å²) >= 11 is 0. The van der Waals surface area contributed by atoms with Gasteiger partial charge in [-0.05, 0) is 13.3 Å². The number of aryl methyl sites for hydroxylation is 1. The van der Waals surface area contributed by atoms with Crippen molar-refractivity contribution in [3.8, 4) is 0 Å². The molecule has 0 fully saturated rings. The lowest BCUT2D eigenvalue weighted by Crippen LogP contribution is -2.35. The number of hydrogen-bond acceptors (Lipinski definition) is 3. The zero-order chi connectivity index (χ0) is 10.6. The van der Waals surface area contributed by atoms with Crippen LogP contribution < -0.4 is 11.1 Å². The summed E-state index contributed by atoms with van der Waals surface area (Å²) in [6.07, 6.45) is 1.59. The summed E-state index contributed by atoms with van der Waals surface area (Å²) in [7, 11) is 0. The highest BCUT2D eigenvalue weighted by Crippen LogP contribution is 2.05. The lowest BCUT2D eigenvalue weighted by molar-refractivity contribution is -0.117. The van der Waals surface area contributed by atoms with Gasteiger partial charge in [-0.15, -0.1) is 0 Å². The van der Waals surface area contributed by atoms with Gasteiger partial charge in [0.15, 0.2) is 5.82 Å². The molecule has 78 valence electrons. The molecule has 0 aliphatic carbocycles. The van der Waals surface area contributed by atoms with Gasteiger partial charge in [-0.3, -0.25) is 9.89 Å². The molecule has 0 saturated carbocycles.